The number of carbonyl (C=O) groups is 1. The summed E-state index contributed by atoms with van der Waals surface area (Å²) < 4.78 is 13.4. The van der Waals surface area contributed by atoms with Gasteiger partial charge in [0.05, 0.1) is 25.0 Å². The molecule has 138 valence electrons. The van der Waals surface area contributed by atoms with Crippen molar-refractivity contribution in [2.24, 2.45) is 24.3 Å². The fraction of sp³-hybridized carbons (Fsp3) is 0.789. The summed E-state index contributed by atoms with van der Waals surface area (Å²) in [5, 5.41) is 4.12. The summed E-state index contributed by atoms with van der Waals surface area (Å²) in [6.45, 7) is 5.03. The number of aromatic nitrogens is 2. The highest BCUT2D eigenvalue weighted by Gasteiger charge is 2.44. The van der Waals surface area contributed by atoms with Crippen LogP contribution in [-0.2, 0) is 16.5 Å². The van der Waals surface area contributed by atoms with Crippen molar-refractivity contribution in [3.8, 4) is 0 Å². The number of piperidine rings is 1. The van der Waals surface area contributed by atoms with E-state index >= 15 is 0 Å². The van der Waals surface area contributed by atoms with Gasteiger partial charge >= 0.3 is 0 Å². The second-order valence-electron chi connectivity index (χ2n) is 8.06. The lowest BCUT2D eigenvalue weighted by molar-refractivity contribution is -0.0975. The zero-order valence-electron chi connectivity index (χ0n) is 15.2. The molecule has 3 fully saturated rings. The standard InChI is InChI=1S/C19H29N3O3/c1-21-11-16(10-20-21)18(23)22-7-4-19(5-8-22)6-9-24-13-17(19)14-25-12-15-2-3-15/h10-11,15,17H,2-9,12-14H2,1H3/t17-/m0/s1. The van der Waals surface area contributed by atoms with Crippen molar-refractivity contribution in [2.45, 2.75) is 32.1 Å². The smallest absolute Gasteiger partial charge is 0.257 e. The normalized spacial score (nSPS) is 26.1. The van der Waals surface area contributed by atoms with E-state index in [0.717, 1.165) is 64.7 Å². The first-order valence-corrected chi connectivity index (χ1v) is 9.60. The number of carbonyl (C=O) groups excluding carboxylic acids is 1. The molecular weight excluding hydrogens is 318 g/mol. The molecule has 2 saturated heterocycles. The maximum absolute atomic E-state index is 12.6. The number of rotatable bonds is 5. The second-order valence-corrected chi connectivity index (χ2v) is 8.06. The minimum absolute atomic E-state index is 0.108. The summed E-state index contributed by atoms with van der Waals surface area (Å²) in [5.41, 5.74) is 0.975. The van der Waals surface area contributed by atoms with E-state index in [1.165, 1.54) is 12.8 Å². The SMILES string of the molecule is Cn1cc(C(=O)N2CCC3(CCOC[C@H]3COCC3CC3)CC2)cn1. The molecule has 0 radical (unpaired) electrons. The Labute approximate surface area is 149 Å². The number of amides is 1. The molecule has 1 saturated carbocycles. The van der Waals surface area contributed by atoms with Crippen LogP contribution in [0, 0.1) is 17.3 Å². The highest BCUT2D eigenvalue weighted by Crippen LogP contribution is 2.45. The van der Waals surface area contributed by atoms with Crippen molar-refractivity contribution in [1.29, 1.82) is 0 Å². The van der Waals surface area contributed by atoms with Crippen molar-refractivity contribution in [3.05, 3.63) is 18.0 Å². The third-order valence-corrected chi connectivity index (χ3v) is 6.30. The summed E-state index contributed by atoms with van der Waals surface area (Å²) in [5.74, 6) is 1.38. The largest absolute Gasteiger partial charge is 0.381 e. The molecule has 1 aromatic heterocycles. The molecule has 1 aromatic rings. The van der Waals surface area contributed by atoms with E-state index in [2.05, 4.69) is 5.10 Å². The molecule has 3 heterocycles. The predicted octanol–water partition coefficient (Wildman–Crippen LogP) is 2.11. The van der Waals surface area contributed by atoms with Crippen molar-refractivity contribution in [3.63, 3.8) is 0 Å². The van der Waals surface area contributed by atoms with Crippen LogP contribution in [0.2, 0.25) is 0 Å². The molecule has 1 atom stereocenters. The Morgan fingerprint density at radius 3 is 2.80 bits per heavy atom. The molecule has 0 aromatic carbocycles. The van der Waals surface area contributed by atoms with Gasteiger partial charge < -0.3 is 14.4 Å². The molecule has 1 spiro atoms. The van der Waals surface area contributed by atoms with Crippen LogP contribution < -0.4 is 0 Å². The highest BCUT2D eigenvalue weighted by atomic mass is 16.5. The summed E-state index contributed by atoms with van der Waals surface area (Å²) in [6.07, 6.45) is 9.33. The first-order chi connectivity index (χ1) is 12.2. The molecule has 1 amide bonds. The van der Waals surface area contributed by atoms with Gasteiger partial charge in [-0.2, -0.15) is 5.10 Å². The van der Waals surface area contributed by atoms with Gasteiger partial charge in [0.25, 0.3) is 5.91 Å². The molecule has 6 heteroatoms. The number of hydrogen-bond donors (Lipinski definition) is 0. The maximum Gasteiger partial charge on any atom is 0.257 e. The van der Waals surface area contributed by atoms with Crippen LogP contribution in [0.15, 0.2) is 12.4 Å². The lowest BCUT2D eigenvalue weighted by Crippen LogP contribution is -2.50. The van der Waals surface area contributed by atoms with Gasteiger partial charge in [-0.05, 0) is 43.4 Å². The molecular formula is C19H29N3O3. The minimum Gasteiger partial charge on any atom is -0.381 e. The summed E-state index contributed by atoms with van der Waals surface area (Å²) in [6, 6.07) is 0. The lowest BCUT2D eigenvalue weighted by atomic mass is 9.66. The van der Waals surface area contributed by atoms with Crippen LogP contribution in [-0.4, -0.2) is 60.1 Å². The predicted molar refractivity (Wildman–Crippen MR) is 93.2 cm³/mol. The Balaban J connectivity index is 1.35. The topological polar surface area (TPSA) is 56.6 Å². The molecule has 1 aliphatic carbocycles. The van der Waals surface area contributed by atoms with Crippen LogP contribution >= 0.6 is 0 Å². The zero-order valence-corrected chi connectivity index (χ0v) is 15.2. The third-order valence-electron chi connectivity index (χ3n) is 6.30. The average Bonchev–Trinajstić information content (AvgIpc) is 3.35. The van der Waals surface area contributed by atoms with Gasteiger partial charge in [0.15, 0.2) is 0 Å². The van der Waals surface area contributed by atoms with Gasteiger partial charge in [-0.15, -0.1) is 0 Å². The van der Waals surface area contributed by atoms with Crippen molar-refractivity contribution in [2.75, 3.05) is 39.5 Å². The first kappa shape index (κ1) is 17.0. The van der Waals surface area contributed by atoms with E-state index < -0.39 is 0 Å². The molecule has 3 aliphatic rings. The van der Waals surface area contributed by atoms with Gasteiger partial charge in [-0.3, -0.25) is 9.48 Å². The molecule has 25 heavy (non-hydrogen) atoms. The van der Waals surface area contributed by atoms with E-state index in [1.807, 2.05) is 11.9 Å². The van der Waals surface area contributed by atoms with Crippen LogP contribution in [0.4, 0.5) is 0 Å². The van der Waals surface area contributed by atoms with E-state index in [0.29, 0.717) is 11.5 Å². The fourth-order valence-corrected chi connectivity index (χ4v) is 4.30. The van der Waals surface area contributed by atoms with Gasteiger partial charge in [-0.1, -0.05) is 0 Å². The summed E-state index contributed by atoms with van der Waals surface area (Å²) >= 11 is 0. The minimum atomic E-state index is 0.108. The van der Waals surface area contributed by atoms with Crippen molar-refractivity contribution >= 4 is 5.91 Å². The Hall–Kier alpha value is -1.40. The van der Waals surface area contributed by atoms with E-state index in [1.54, 1.807) is 17.1 Å². The zero-order chi connectivity index (χ0) is 17.3. The number of hydrogen-bond acceptors (Lipinski definition) is 4. The molecule has 2 aliphatic heterocycles. The summed E-state index contributed by atoms with van der Waals surface area (Å²) in [7, 11) is 1.84. The van der Waals surface area contributed by atoms with E-state index in [4.69, 9.17) is 9.47 Å². The molecule has 6 nitrogen and oxygen atoms in total. The maximum atomic E-state index is 12.6. The van der Waals surface area contributed by atoms with Gasteiger partial charge in [-0.25, -0.2) is 0 Å². The Bertz CT molecular complexity index is 603. The van der Waals surface area contributed by atoms with Crippen LogP contribution in [0.3, 0.4) is 0 Å². The highest BCUT2D eigenvalue weighted by molar-refractivity contribution is 5.93. The first-order valence-electron chi connectivity index (χ1n) is 9.60. The third kappa shape index (κ3) is 3.75. The average molecular weight is 347 g/mol. The molecule has 4 rings (SSSR count). The molecule has 0 N–H and O–H groups in total. The fourth-order valence-electron chi connectivity index (χ4n) is 4.30. The quantitative estimate of drug-likeness (QED) is 0.819. The van der Waals surface area contributed by atoms with Crippen LogP contribution in [0.5, 0.6) is 0 Å². The van der Waals surface area contributed by atoms with E-state index in [9.17, 15) is 4.79 Å². The Kier molecular flexibility index (Phi) is 4.82. The molecule has 0 unspecified atom stereocenters. The van der Waals surface area contributed by atoms with Crippen LogP contribution in [0.25, 0.3) is 0 Å². The monoisotopic (exact) mass is 347 g/mol. The lowest BCUT2D eigenvalue weighted by Gasteiger charge is -2.49. The van der Waals surface area contributed by atoms with E-state index in [-0.39, 0.29) is 11.3 Å². The number of likely N-dealkylation sites (tertiary alicyclic amines) is 1. The van der Waals surface area contributed by atoms with Crippen molar-refractivity contribution < 1.29 is 14.3 Å². The second kappa shape index (κ2) is 7.08. The number of nitrogens with zero attached hydrogens (tertiary/aromatic N) is 3. The Morgan fingerprint density at radius 2 is 2.12 bits per heavy atom. The molecule has 0 bridgehead atoms. The van der Waals surface area contributed by atoms with Crippen molar-refractivity contribution in [1.82, 2.24) is 14.7 Å². The van der Waals surface area contributed by atoms with Gasteiger partial charge in [0.2, 0.25) is 0 Å². The summed E-state index contributed by atoms with van der Waals surface area (Å²) in [4.78, 5) is 14.6. The van der Waals surface area contributed by atoms with Crippen LogP contribution in [0.1, 0.15) is 42.5 Å². The van der Waals surface area contributed by atoms with Gasteiger partial charge in [0.1, 0.15) is 0 Å². The number of aryl methyl sites for hydroxylation is 1. The number of ether oxygens (including phenoxy) is 2. The Morgan fingerprint density at radius 1 is 1.32 bits per heavy atom. The van der Waals surface area contributed by atoms with Gasteiger partial charge in [0, 0.05) is 45.5 Å².